The van der Waals surface area contributed by atoms with E-state index >= 15 is 0 Å². The summed E-state index contributed by atoms with van der Waals surface area (Å²) in [6.07, 6.45) is 1.50. The zero-order valence-electron chi connectivity index (χ0n) is 12.3. The normalized spacial score (nSPS) is 10.7. The third-order valence-electron chi connectivity index (χ3n) is 2.91. The maximum Gasteiger partial charge on any atom is 0.259 e. The minimum Gasteiger partial charge on any atom is -0.506 e. The maximum absolute atomic E-state index is 11.7. The molecule has 0 saturated heterocycles. The van der Waals surface area contributed by atoms with E-state index in [1.807, 2.05) is 31.2 Å². The number of halogens is 2. The standard InChI is InChI=1S/C16H15Br2N3O2/c1-10-3-2-4-12(5-10)19-9-15(22)21-20-8-11-6-13(17)16(23)14(18)7-11/h2-8,19,23H,9H2,1H3,(H,21,22)/b20-8+. The zero-order chi connectivity index (χ0) is 16.8. The van der Waals surface area contributed by atoms with Crippen LogP contribution in [-0.4, -0.2) is 23.8 Å². The van der Waals surface area contributed by atoms with Gasteiger partial charge in [0.25, 0.3) is 5.91 Å². The Morgan fingerprint density at radius 1 is 1.26 bits per heavy atom. The molecule has 2 rings (SSSR count). The van der Waals surface area contributed by atoms with E-state index in [0.717, 1.165) is 16.8 Å². The summed E-state index contributed by atoms with van der Waals surface area (Å²) in [4.78, 5) is 11.7. The van der Waals surface area contributed by atoms with Crippen LogP contribution in [0.1, 0.15) is 11.1 Å². The van der Waals surface area contributed by atoms with Crippen LogP contribution in [0.15, 0.2) is 50.4 Å². The van der Waals surface area contributed by atoms with E-state index in [1.54, 1.807) is 12.1 Å². The van der Waals surface area contributed by atoms with Crippen molar-refractivity contribution in [2.45, 2.75) is 6.92 Å². The highest BCUT2D eigenvalue weighted by Gasteiger charge is 2.05. The highest BCUT2D eigenvalue weighted by atomic mass is 79.9. The Morgan fingerprint density at radius 3 is 2.61 bits per heavy atom. The predicted molar refractivity (Wildman–Crippen MR) is 98.9 cm³/mol. The Kier molecular flexibility index (Phi) is 6.18. The summed E-state index contributed by atoms with van der Waals surface area (Å²) in [5.41, 5.74) is 5.18. The van der Waals surface area contributed by atoms with Crippen LogP contribution in [0.25, 0.3) is 0 Å². The lowest BCUT2D eigenvalue weighted by atomic mass is 10.2. The molecule has 3 N–H and O–H groups in total. The number of phenols is 1. The lowest BCUT2D eigenvalue weighted by Crippen LogP contribution is -2.25. The van der Waals surface area contributed by atoms with Crippen LogP contribution in [0.2, 0.25) is 0 Å². The molecule has 23 heavy (non-hydrogen) atoms. The number of carbonyl (C=O) groups excluding carboxylic acids is 1. The van der Waals surface area contributed by atoms with Crippen LogP contribution in [0.5, 0.6) is 5.75 Å². The molecule has 0 aliphatic rings. The van der Waals surface area contributed by atoms with Gasteiger partial charge in [0.05, 0.1) is 21.7 Å². The molecule has 0 aromatic heterocycles. The molecule has 0 radical (unpaired) electrons. The highest BCUT2D eigenvalue weighted by molar-refractivity contribution is 9.11. The SMILES string of the molecule is Cc1cccc(NCC(=O)N/N=C/c2cc(Br)c(O)c(Br)c2)c1. The minimum atomic E-state index is -0.250. The lowest BCUT2D eigenvalue weighted by Gasteiger charge is -2.06. The fraction of sp³-hybridized carbons (Fsp3) is 0.125. The van der Waals surface area contributed by atoms with E-state index in [4.69, 9.17) is 0 Å². The van der Waals surface area contributed by atoms with Gasteiger partial charge in [0.1, 0.15) is 5.75 Å². The minimum absolute atomic E-state index is 0.119. The number of aryl methyl sites for hydroxylation is 1. The van der Waals surface area contributed by atoms with Crippen molar-refractivity contribution < 1.29 is 9.90 Å². The number of anilines is 1. The van der Waals surface area contributed by atoms with E-state index in [9.17, 15) is 9.90 Å². The van der Waals surface area contributed by atoms with E-state index in [-0.39, 0.29) is 18.2 Å². The van der Waals surface area contributed by atoms with E-state index in [1.165, 1.54) is 6.21 Å². The summed E-state index contributed by atoms with van der Waals surface area (Å²) >= 11 is 6.47. The Labute approximate surface area is 151 Å². The van der Waals surface area contributed by atoms with Gasteiger partial charge in [-0.1, -0.05) is 12.1 Å². The summed E-state index contributed by atoms with van der Waals surface area (Å²) in [6, 6.07) is 11.2. The molecule has 5 nitrogen and oxygen atoms in total. The summed E-state index contributed by atoms with van der Waals surface area (Å²) in [5, 5.41) is 16.5. The molecule has 0 unspecified atom stereocenters. The smallest absolute Gasteiger partial charge is 0.259 e. The number of aromatic hydroxyl groups is 1. The van der Waals surface area contributed by atoms with Gasteiger partial charge in [0.2, 0.25) is 0 Å². The molecule has 0 atom stereocenters. The second-order valence-corrected chi connectivity index (χ2v) is 6.56. The molecule has 2 aromatic rings. The van der Waals surface area contributed by atoms with Crippen molar-refractivity contribution in [1.82, 2.24) is 5.43 Å². The van der Waals surface area contributed by atoms with Gasteiger partial charge in [-0.05, 0) is 74.2 Å². The summed E-state index contributed by atoms with van der Waals surface area (Å²) in [5.74, 6) is -0.131. The summed E-state index contributed by atoms with van der Waals surface area (Å²) in [6.45, 7) is 2.12. The first-order valence-corrected chi connectivity index (χ1v) is 8.35. The molecule has 0 fully saturated rings. The number of hydrazone groups is 1. The zero-order valence-corrected chi connectivity index (χ0v) is 15.5. The van der Waals surface area contributed by atoms with Crippen molar-refractivity contribution in [1.29, 1.82) is 0 Å². The molecular weight excluding hydrogens is 426 g/mol. The molecule has 0 bridgehead atoms. The average Bonchev–Trinajstić information content (AvgIpc) is 2.50. The number of benzene rings is 2. The monoisotopic (exact) mass is 439 g/mol. The van der Waals surface area contributed by atoms with Crippen LogP contribution < -0.4 is 10.7 Å². The van der Waals surface area contributed by atoms with Gasteiger partial charge in [-0.2, -0.15) is 5.10 Å². The van der Waals surface area contributed by atoms with Crippen LogP contribution in [0, 0.1) is 6.92 Å². The van der Waals surface area contributed by atoms with Crippen molar-refractivity contribution in [2.75, 3.05) is 11.9 Å². The number of nitrogens with one attached hydrogen (secondary N) is 2. The van der Waals surface area contributed by atoms with Gasteiger partial charge in [0, 0.05) is 5.69 Å². The third-order valence-corrected chi connectivity index (χ3v) is 4.12. The molecule has 0 spiro atoms. The van der Waals surface area contributed by atoms with Crippen molar-refractivity contribution in [3.05, 3.63) is 56.5 Å². The number of nitrogens with zero attached hydrogens (tertiary/aromatic N) is 1. The van der Waals surface area contributed by atoms with E-state index in [2.05, 4.69) is 47.7 Å². The molecule has 2 aromatic carbocycles. The fourth-order valence-corrected chi connectivity index (χ4v) is 3.04. The predicted octanol–water partition coefficient (Wildman–Crippen LogP) is 3.79. The van der Waals surface area contributed by atoms with Crippen LogP contribution in [0.4, 0.5) is 5.69 Å². The molecule has 0 aliphatic carbocycles. The fourth-order valence-electron chi connectivity index (χ4n) is 1.82. The number of hydrogen-bond acceptors (Lipinski definition) is 4. The summed E-state index contributed by atoms with van der Waals surface area (Å²) < 4.78 is 1.08. The van der Waals surface area contributed by atoms with Gasteiger partial charge < -0.3 is 10.4 Å². The Bertz CT molecular complexity index is 725. The Morgan fingerprint density at radius 2 is 1.96 bits per heavy atom. The number of hydrogen-bond donors (Lipinski definition) is 3. The van der Waals surface area contributed by atoms with Crippen molar-refractivity contribution >= 4 is 49.7 Å². The highest BCUT2D eigenvalue weighted by Crippen LogP contribution is 2.32. The van der Waals surface area contributed by atoms with Gasteiger partial charge >= 0.3 is 0 Å². The largest absolute Gasteiger partial charge is 0.506 e. The van der Waals surface area contributed by atoms with Gasteiger partial charge in [-0.15, -0.1) is 0 Å². The first kappa shape index (κ1) is 17.5. The van der Waals surface area contributed by atoms with Crippen LogP contribution in [0.3, 0.4) is 0 Å². The molecule has 1 amide bonds. The summed E-state index contributed by atoms with van der Waals surface area (Å²) in [7, 11) is 0. The molecule has 120 valence electrons. The number of rotatable bonds is 5. The second-order valence-electron chi connectivity index (χ2n) is 4.85. The van der Waals surface area contributed by atoms with Crippen molar-refractivity contribution in [3.8, 4) is 5.75 Å². The number of phenolic OH excluding ortho intramolecular Hbond substituents is 1. The van der Waals surface area contributed by atoms with E-state index < -0.39 is 0 Å². The lowest BCUT2D eigenvalue weighted by molar-refractivity contribution is -0.119. The van der Waals surface area contributed by atoms with Gasteiger partial charge in [0.15, 0.2) is 0 Å². The Balaban J connectivity index is 1.86. The molecule has 0 heterocycles. The van der Waals surface area contributed by atoms with Gasteiger partial charge in [-0.3, -0.25) is 4.79 Å². The first-order valence-electron chi connectivity index (χ1n) is 6.76. The Hall–Kier alpha value is -1.86. The molecule has 0 aliphatic heterocycles. The number of carbonyl (C=O) groups is 1. The van der Waals surface area contributed by atoms with Crippen LogP contribution in [-0.2, 0) is 4.79 Å². The quantitative estimate of drug-likeness (QED) is 0.489. The average molecular weight is 441 g/mol. The topological polar surface area (TPSA) is 73.7 Å². The maximum atomic E-state index is 11.7. The van der Waals surface area contributed by atoms with Crippen molar-refractivity contribution in [2.24, 2.45) is 5.10 Å². The van der Waals surface area contributed by atoms with Crippen molar-refractivity contribution in [3.63, 3.8) is 0 Å². The van der Waals surface area contributed by atoms with Crippen LogP contribution >= 0.6 is 31.9 Å². The molecular formula is C16H15Br2N3O2. The van der Waals surface area contributed by atoms with Gasteiger partial charge in [-0.25, -0.2) is 5.43 Å². The van der Waals surface area contributed by atoms with E-state index in [0.29, 0.717) is 8.95 Å². The molecule has 0 saturated carbocycles. The number of amides is 1. The third kappa shape index (κ3) is 5.37. The second kappa shape index (κ2) is 8.12. The molecule has 7 heteroatoms. The first-order chi connectivity index (χ1) is 11.0.